The number of ether oxygens (including phenoxy) is 1. The van der Waals surface area contributed by atoms with Crippen LogP contribution in [0.1, 0.15) is 18.5 Å². The predicted octanol–water partition coefficient (Wildman–Crippen LogP) is 0.142. The van der Waals surface area contributed by atoms with Crippen molar-refractivity contribution >= 4 is 5.97 Å². The smallest absolute Gasteiger partial charge is 0.331 e. The summed E-state index contributed by atoms with van der Waals surface area (Å²) in [4.78, 5) is 23.3. The summed E-state index contributed by atoms with van der Waals surface area (Å²) in [6.07, 6.45) is 0.525. The fraction of sp³-hybridized carbons (Fsp3) is 0.545. The lowest BCUT2D eigenvalue weighted by atomic mass is 9.90. The van der Waals surface area contributed by atoms with Crippen molar-refractivity contribution in [1.29, 1.82) is 0 Å². The van der Waals surface area contributed by atoms with Gasteiger partial charge in [-0.2, -0.15) is 5.10 Å². The molecule has 17 heavy (non-hydrogen) atoms. The molecule has 92 valence electrons. The molecule has 0 spiro atoms. The lowest BCUT2D eigenvalue weighted by Gasteiger charge is -2.33. The van der Waals surface area contributed by atoms with Crippen molar-refractivity contribution in [1.82, 2.24) is 9.78 Å². The summed E-state index contributed by atoms with van der Waals surface area (Å²) in [5.41, 5.74) is -1.03. The van der Waals surface area contributed by atoms with Crippen LogP contribution in [0.2, 0.25) is 0 Å². The van der Waals surface area contributed by atoms with Crippen LogP contribution in [-0.2, 0) is 15.1 Å². The molecule has 0 aromatic carbocycles. The van der Waals surface area contributed by atoms with Crippen molar-refractivity contribution in [3.05, 3.63) is 28.2 Å². The third kappa shape index (κ3) is 1.95. The summed E-state index contributed by atoms with van der Waals surface area (Å²) in [6.45, 7) is 2.38. The molecule has 1 saturated heterocycles. The minimum Gasteiger partial charge on any atom is -0.479 e. The molecule has 1 aromatic rings. The normalized spacial score (nSPS) is 18.9. The number of carboxylic acid groups (broad SMARTS) is 1. The van der Waals surface area contributed by atoms with Crippen LogP contribution in [0.25, 0.3) is 0 Å². The molecule has 1 aliphatic rings. The maximum atomic E-state index is 11.8. The number of aliphatic carboxylic acids is 1. The average Bonchev–Trinajstić information content (AvgIpc) is 2.33. The van der Waals surface area contributed by atoms with Gasteiger partial charge < -0.3 is 9.84 Å². The van der Waals surface area contributed by atoms with E-state index in [0.717, 1.165) is 4.68 Å². The fourth-order valence-corrected chi connectivity index (χ4v) is 2.03. The predicted molar refractivity (Wildman–Crippen MR) is 58.9 cm³/mol. The van der Waals surface area contributed by atoms with Gasteiger partial charge in [-0.1, -0.05) is 0 Å². The van der Waals surface area contributed by atoms with Crippen molar-refractivity contribution in [3.63, 3.8) is 0 Å². The monoisotopic (exact) mass is 238 g/mol. The number of hydrogen-bond donors (Lipinski definition) is 1. The number of aryl methyl sites for hydroxylation is 1. The minimum atomic E-state index is -1.26. The average molecular weight is 238 g/mol. The van der Waals surface area contributed by atoms with Crippen LogP contribution in [0.3, 0.4) is 0 Å². The zero-order valence-electron chi connectivity index (χ0n) is 9.55. The summed E-state index contributed by atoms with van der Waals surface area (Å²) < 4.78 is 6.25. The van der Waals surface area contributed by atoms with E-state index < -0.39 is 11.5 Å². The van der Waals surface area contributed by atoms with Gasteiger partial charge in [-0.25, -0.2) is 9.48 Å². The number of rotatable bonds is 2. The summed E-state index contributed by atoms with van der Waals surface area (Å²) in [5.74, 6) is -1.03. The summed E-state index contributed by atoms with van der Waals surface area (Å²) in [7, 11) is 0. The lowest BCUT2D eigenvalue weighted by Crippen LogP contribution is -2.52. The molecule has 1 fully saturated rings. The Morgan fingerprint density at radius 3 is 2.71 bits per heavy atom. The van der Waals surface area contributed by atoms with Gasteiger partial charge in [0.25, 0.3) is 5.56 Å². The highest BCUT2D eigenvalue weighted by Crippen LogP contribution is 2.27. The SMILES string of the molecule is Cc1ccc(=O)n(C2(C(=O)O)CCOCC2)n1. The van der Waals surface area contributed by atoms with Gasteiger partial charge in [-0.05, 0) is 13.0 Å². The third-order valence-electron chi connectivity index (χ3n) is 3.06. The van der Waals surface area contributed by atoms with Crippen molar-refractivity contribution in [2.24, 2.45) is 0 Å². The molecule has 1 aromatic heterocycles. The van der Waals surface area contributed by atoms with Gasteiger partial charge in [0, 0.05) is 32.1 Å². The largest absolute Gasteiger partial charge is 0.479 e. The Morgan fingerprint density at radius 2 is 2.12 bits per heavy atom. The molecule has 6 nitrogen and oxygen atoms in total. The van der Waals surface area contributed by atoms with E-state index in [-0.39, 0.29) is 18.4 Å². The molecule has 1 aliphatic heterocycles. The van der Waals surface area contributed by atoms with Crippen LogP contribution >= 0.6 is 0 Å². The standard InChI is InChI=1S/C11H14N2O4/c1-8-2-3-9(14)13(12-8)11(10(15)16)4-6-17-7-5-11/h2-3H,4-7H2,1H3,(H,15,16). The minimum absolute atomic E-state index is 0.263. The van der Waals surface area contributed by atoms with Crippen LogP contribution in [0.5, 0.6) is 0 Å². The van der Waals surface area contributed by atoms with Gasteiger partial charge in [0.2, 0.25) is 0 Å². The van der Waals surface area contributed by atoms with Crippen molar-refractivity contribution in [2.75, 3.05) is 13.2 Å². The highest BCUT2D eigenvalue weighted by atomic mass is 16.5. The topological polar surface area (TPSA) is 81.4 Å². The molecule has 0 unspecified atom stereocenters. The number of carbonyl (C=O) groups is 1. The third-order valence-corrected chi connectivity index (χ3v) is 3.06. The molecule has 0 aliphatic carbocycles. The van der Waals surface area contributed by atoms with E-state index in [9.17, 15) is 14.7 Å². The molecule has 1 N–H and O–H groups in total. The first-order valence-corrected chi connectivity index (χ1v) is 5.45. The Kier molecular flexibility index (Phi) is 2.97. The Hall–Kier alpha value is -1.69. The molecule has 0 saturated carbocycles. The zero-order valence-corrected chi connectivity index (χ0v) is 9.55. The summed E-state index contributed by atoms with van der Waals surface area (Å²) >= 11 is 0. The van der Waals surface area contributed by atoms with Gasteiger partial charge in [-0.3, -0.25) is 4.79 Å². The van der Waals surface area contributed by atoms with Gasteiger partial charge in [-0.15, -0.1) is 0 Å². The Bertz CT molecular complexity index is 488. The second-order valence-corrected chi connectivity index (χ2v) is 4.17. The Balaban J connectivity index is 2.56. The Morgan fingerprint density at radius 1 is 1.47 bits per heavy atom. The van der Waals surface area contributed by atoms with Crippen molar-refractivity contribution < 1.29 is 14.6 Å². The molecule has 0 bridgehead atoms. The highest BCUT2D eigenvalue weighted by molar-refractivity contribution is 5.76. The van der Waals surface area contributed by atoms with E-state index >= 15 is 0 Å². The van der Waals surface area contributed by atoms with E-state index in [1.165, 1.54) is 6.07 Å². The van der Waals surface area contributed by atoms with Crippen LogP contribution in [0.15, 0.2) is 16.9 Å². The van der Waals surface area contributed by atoms with Crippen LogP contribution in [-0.4, -0.2) is 34.1 Å². The van der Waals surface area contributed by atoms with Gasteiger partial charge in [0.05, 0.1) is 5.69 Å². The van der Waals surface area contributed by atoms with Crippen molar-refractivity contribution in [3.8, 4) is 0 Å². The van der Waals surface area contributed by atoms with Gasteiger partial charge in [0.15, 0.2) is 5.54 Å². The molecule has 0 amide bonds. The molecular formula is C11H14N2O4. The van der Waals surface area contributed by atoms with Crippen LogP contribution in [0.4, 0.5) is 0 Å². The fourth-order valence-electron chi connectivity index (χ4n) is 2.03. The van der Waals surface area contributed by atoms with E-state index in [1.807, 2.05) is 0 Å². The second-order valence-electron chi connectivity index (χ2n) is 4.17. The van der Waals surface area contributed by atoms with Gasteiger partial charge >= 0.3 is 5.97 Å². The molecule has 6 heteroatoms. The second kappa shape index (κ2) is 4.29. The Labute approximate surface area is 97.8 Å². The first-order chi connectivity index (χ1) is 8.06. The van der Waals surface area contributed by atoms with E-state index in [1.54, 1.807) is 13.0 Å². The quantitative estimate of drug-likeness (QED) is 0.792. The molecule has 2 rings (SSSR count). The van der Waals surface area contributed by atoms with E-state index in [2.05, 4.69) is 5.10 Å². The van der Waals surface area contributed by atoms with Crippen LogP contribution in [0, 0.1) is 6.92 Å². The number of nitrogens with zero attached hydrogens (tertiary/aromatic N) is 2. The summed E-state index contributed by atoms with van der Waals surface area (Å²) in [6, 6.07) is 2.93. The molecule has 2 heterocycles. The maximum absolute atomic E-state index is 11.8. The highest BCUT2D eigenvalue weighted by Gasteiger charge is 2.43. The van der Waals surface area contributed by atoms with E-state index in [4.69, 9.17) is 4.74 Å². The first kappa shape index (κ1) is 11.8. The molecular weight excluding hydrogens is 224 g/mol. The van der Waals surface area contributed by atoms with Gasteiger partial charge in [0.1, 0.15) is 0 Å². The van der Waals surface area contributed by atoms with Crippen LogP contribution < -0.4 is 5.56 Å². The van der Waals surface area contributed by atoms with Crippen molar-refractivity contribution in [2.45, 2.75) is 25.3 Å². The first-order valence-electron chi connectivity index (χ1n) is 5.45. The zero-order chi connectivity index (χ0) is 12.5. The summed E-state index contributed by atoms with van der Waals surface area (Å²) in [5, 5.41) is 13.5. The maximum Gasteiger partial charge on any atom is 0.331 e. The number of hydrogen-bond acceptors (Lipinski definition) is 4. The molecule has 0 radical (unpaired) electrons. The number of aromatic nitrogens is 2. The molecule has 0 atom stereocenters. The van der Waals surface area contributed by atoms with E-state index in [0.29, 0.717) is 18.9 Å². The lowest BCUT2D eigenvalue weighted by molar-refractivity contribution is -0.154. The number of carboxylic acids is 1.